The first-order chi connectivity index (χ1) is 19.0. The number of anilines is 1. The number of ether oxygens (including phenoxy) is 1. The van der Waals surface area contributed by atoms with E-state index in [4.69, 9.17) is 31.1 Å². The zero-order valence-electron chi connectivity index (χ0n) is 22.1. The van der Waals surface area contributed by atoms with Crippen LogP contribution < -0.4 is 15.7 Å². The van der Waals surface area contributed by atoms with Crippen molar-refractivity contribution in [2.45, 2.75) is 76.7 Å². The molecule has 11 heteroatoms. The van der Waals surface area contributed by atoms with Gasteiger partial charge in [-0.2, -0.15) is 0 Å². The summed E-state index contributed by atoms with van der Waals surface area (Å²) in [6.45, 7) is 4.76. The standard InChI is InChI=1S/C28H34ClN7O3/c1-16-5-7-17(8-6-16)15-36-25-20(32-27(36)35-9-10-38-23-4-2-3-22(23)35)12-21(26-33-28(37)39-34-26)31-24(25)18-11-19(29)14-30-13-18/h11-14,16-17,22-23,26,34H,2-10,15H2,1H3,(H,33,37). The summed E-state index contributed by atoms with van der Waals surface area (Å²) in [5.41, 5.74) is 6.72. The maximum atomic E-state index is 11.8. The molecule has 2 saturated carbocycles. The van der Waals surface area contributed by atoms with Gasteiger partial charge in [-0.15, -0.1) is 5.48 Å². The van der Waals surface area contributed by atoms with E-state index in [9.17, 15) is 4.79 Å². The number of carbonyl (C=O) groups excluding carboxylic acids is 1. The second kappa shape index (κ2) is 10.2. The molecule has 3 aromatic heterocycles. The summed E-state index contributed by atoms with van der Waals surface area (Å²) in [5.74, 6) is 2.35. The Hall–Kier alpha value is -2.95. The molecule has 7 rings (SSSR count). The quantitative estimate of drug-likeness (QED) is 0.457. The highest BCUT2D eigenvalue weighted by Gasteiger charge is 2.39. The minimum atomic E-state index is -0.580. The lowest BCUT2D eigenvalue weighted by Crippen LogP contribution is -2.49. The van der Waals surface area contributed by atoms with Gasteiger partial charge < -0.3 is 19.0 Å². The van der Waals surface area contributed by atoms with Crippen molar-refractivity contribution in [2.75, 3.05) is 18.1 Å². The highest BCUT2D eigenvalue weighted by atomic mass is 35.5. The Morgan fingerprint density at radius 2 is 1.97 bits per heavy atom. The van der Waals surface area contributed by atoms with E-state index in [1.54, 1.807) is 12.4 Å². The summed E-state index contributed by atoms with van der Waals surface area (Å²) >= 11 is 6.40. The van der Waals surface area contributed by atoms with E-state index in [-0.39, 0.29) is 6.10 Å². The molecule has 39 heavy (non-hydrogen) atoms. The number of pyridine rings is 2. The van der Waals surface area contributed by atoms with Crippen molar-refractivity contribution in [1.82, 2.24) is 30.3 Å². The van der Waals surface area contributed by atoms with Crippen LogP contribution in [0.1, 0.15) is 63.7 Å². The Labute approximate surface area is 232 Å². The topological polar surface area (TPSA) is 106 Å². The van der Waals surface area contributed by atoms with Crippen molar-refractivity contribution in [1.29, 1.82) is 0 Å². The van der Waals surface area contributed by atoms with Crippen LogP contribution in [0.4, 0.5) is 10.7 Å². The van der Waals surface area contributed by atoms with Crippen molar-refractivity contribution in [2.24, 2.45) is 11.8 Å². The number of nitrogens with zero attached hydrogens (tertiary/aromatic N) is 5. The van der Waals surface area contributed by atoms with Gasteiger partial charge in [0.05, 0.1) is 46.2 Å². The molecule has 2 N–H and O–H groups in total. The molecular formula is C28H34ClN7O3. The average Bonchev–Trinajstić information content (AvgIpc) is 3.68. The molecule has 5 heterocycles. The number of rotatable bonds is 5. The Balaban J connectivity index is 1.41. The smallest absolute Gasteiger partial charge is 0.374 e. The third-order valence-electron chi connectivity index (χ3n) is 8.85. The highest BCUT2D eigenvalue weighted by Crippen LogP contribution is 2.39. The first kappa shape index (κ1) is 25.0. The van der Waals surface area contributed by atoms with Gasteiger partial charge in [0.15, 0.2) is 6.17 Å². The van der Waals surface area contributed by atoms with Crippen LogP contribution >= 0.6 is 11.6 Å². The molecule has 0 bridgehead atoms. The van der Waals surface area contributed by atoms with E-state index in [1.165, 1.54) is 32.1 Å². The van der Waals surface area contributed by atoms with Crippen LogP contribution in [-0.4, -0.2) is 50.9 Å². The maximum absolute atomic E-state index is 11.8. The third-order valence-corrected chi connectivity index (χ3v) is 9.05. The van der Waals surface area contributed by atoms with Crippen LogP contribution in [0.25, 0.3) is 22.3 Å². The second-order valence-electron chi connectivity index (χ2n) is 11.5. The molecule has 4 fully saturated rings. The summed E-state index contributed by atoms with van der Waals surface area (Å²) < 4.78 is 8.56. The van der Waals surface area contributed by atoms with Crippen LogP contribution in [0, 0.1) is 11.8 Å². The van der Waals surface area contributed by atoms with Gasteiger partial charge in [-0.3, -0.25) is 10.3 Å². The molecule has 2 saturated heterocycles. The normalized spacial score (nSPS) is 28.9. The van der Waals surface area contributed by atoms with Gasteiger partial charge in [-0.25, -0.2) is 14.8 Å². The summed E-state index contributed by atoms with van der Waals surface area (Å²) in [4.78, 5) is 34.0. The summed E-state index contributed by atoms with van der Waals surface area (Å²) in [5, 5.41) is 3.31. The minimum absolute atomic E-state index is 0.253. The van der Waals surface area contributed by atoms with Crippen LogP contribution in [0.3, 0.4) is 0 Å². The lowest BCUT2D eigenvalue weighted by atomic mass is 9.83. The van der Waals surface area contributed by atoms with Gasteiger partial charge in [-0.1, -0.05) is 31.4 Å². The van der Waals surface area contributed by atoms with Gasteiger partial charge in [0.25, 0.3) is 0 Å². The van der Waals surface area contributed by atoms with Crippen LogP contribution in [0.5, 0.6) is 0 Å². The maximum Gasteiger partial charge on any atom is 0.427 e. The Kier molecular flexibility index (Phi) is 6.57. The number of imidazole rings is 1. The molecule has 0 aromatic carbocycles. The SMILES string of the molecule is CC1CCC(Cn2c(N3CCOC4CCCC43)nc3cc(C4NOC(=O)N4)nc(-c4cncc(Cl)c4)c32)CC1. The fraction of sp³-hybridized carbons (Fsp3) is 0.571. The molecule has 3 aromatic rings. The number of amides is 1. The van der Waals surface area contributed by atoms with Crippen molar-refractivity contribution < 1.29 is 14.4 Å². The molecule has 0 spiro atoms. The predicted octanol–water partition coefficient (Wildman–Crippen LogP) is 4.97. The number of hydrogen-bond acceptors (Lipinski definition) is 8. The van der Waals surface area contributed by atoms with Crippen molar-refractivity contribution in [3.8, 4) is 11.3 Å². The lowest BCUT2D eigenvalue weighted by Gasteiger charge is -2.39. The van der Waals surface area contributed by atoms with Crippen molar-refractivity contribution in [3.05, 3.63) is 35.2 Å². The van der Waals surface area contributed by atoms with Crippen LogP contribution in [0.2, 0.25) is 5.02 Å². The fourth-order valence-corrected chi connectivity index (χ4v) is 6.99. The number of halogens is 1. The lowest BCUT2D eigenvalue weighted by molar-refractivity contribution is 0.0247. The Morgan fingerprint density at radius 3 is 2.77 bits per heavy atom. The van der Waals surface area contributed by atoms with Gasteiger partial charge in [0, 0.05) is 31.0 Å². The Bertz CT molecular complexity index is 1390. The monoisotopic (exact) mass is 551 g/mol. The summed E-state index contributed by atoms with van der Waals surface area (Å²) in [6.07, 6.45) is 10.9. The Morgan fingerprint density at radius 1 is 1.10 bits per heavy atom. The van der Waals surface area contributed by atoms with E-state index in [0.29, 0.717) is 29.3 Å². The molecule has 206 valence electrons. The van der Waals surface area contributed by atoms with Gasteiger partial charge in [-0.05, 0) is 56.1 Å². The highest BCUT2D eigenvalue weighted by molar-refractivity contribution is 6.30. The molecular weight excluding hydrogens is 518 g/mol. The summed E-state index contributed by atoms with van der Waals surface area (Å²) in [6, 6.07) is 4.17. The number of morpholine rings is 1. The van der Waals surface area contributed by atoms with E-state index in [1.807, 2.05) is 12.1 Å². The molecule has 1 amide bonds. The number of carbonyl (C=O) groups is 1. The fourth-order valence-electron chi connectivity index (χ4n) is 6.81. The van der Waals surface area contributed by atoms with E-state index in [0.717, 1.165) is 60.1 Å². The zero-order chi connectivity index (χ0) is 26.5. The molecule has 2 aliphatic carbocycles. The number of nitrogens with one attached hydrogen (secondary N) is 2. The molecule has 0 radical (unpaired) electrons. The largest absolute Gasteiger partial charge is 0.427 e. The average molecular weight is 552 g/mol. The number of hydroxylamine groups is 1. The van der Waals surface area contributed by atoms with Crippen molar-refractivity contribution >= 4 is 34.7 Å². The molecule has 4 aliphatic rings. The van der Waals surface area contributed by atoms with Gasteiger partial charge in [0.2, 0.25) is 5.95 Å². The van der Waals surface area contributed by atoms with Gasteiger partial charge in [0.1, 0.15) is 0 Å². The molecule has 10 nitrogen and oxygen atoms in total. The third kappa shape index (κ3) is 4.72. The minimum Gasteiger partial charge on any atom is -0.374 e. The van der Waals surface area contributed by atoms with Crippen molar-refractivity contribution in [3.63, 3.8) is 0 Å². The first-order valence-electron chi connectivity index (χ1n) is 14.2. The zero-order valence-corrected chi connectivity index (χ0v) is 22.9. The first-order valence-corrected chi connectivity index (χ1v) is 14.5. The molecule has 3 atom stereocenters. The number of fused-ring (bicyclic) bond motifs is 2. The van der Waals surface area contributed by atoms with E-state index >= 15 is 0 Å². The second-order valence-corrected chi connectivity index (χ2v) is 11.9. The predicted molar refractivity (Wildman–Crippen MR) is 147 cm³/mol. The molecule has 2 aliphatic heterocycles. The van der Waals surface area contributed by atoms with Gasteiger partial charge >= 0.3 is 6.09 Å². The molecule has 3 unspecified atom stereocenters. The van der Waals surface area contributed by atoms with Crippen LogP contribution in [0.15, 0.2) is 24.5 Å². The van der Waals surface area contributed by atoms with Crippen LogP contribution in [-0.2, 0) is 16.1 Å². The van der Waals surface area contributed by atoms with E-state index in [2.05, 4.69) is 32.2 Å². The van der Waals surface area contributed by atoms with E-state index < -0.39 is 12.3 Å². The number of aromatic nitrogens is 4. The number of hydrogen-bond donors (Lipinski definition) is 2. The summed E-state index contributed by atoms with van der Waals surface area (Å²) in [7, 11) is 0.